The van der Waals surface area contributed by atoms with Crippen LogP contribution in [-0.4, -0.2) is 19.1 Å². The normalized spacial score (nSPS) is 20.1. The molecule has 1 saturated carbocycles. The predicted molar refractivity (Wildman–Crippen MR) is 71.3 cm³/mol. The maximum atomic E-state index is 5.86. The number of aromatic nitrogens is 1. The third kappa shape index (κ3) is 2.87. The third-order valence-electron chi connectivity index (χ3n) is 3.60. The van der Waals surface area contributed by atoms with Gasteiger partial charge in [-0.1, -0.05) is 25.7 Å². The smallest absolute Gasteiger partial charge is 0.125 e. The molecule has 0 bridgehead atoms. The second kappa shape index (κ2) is 5.94. The minimum Gasteiger partial charge on any atom is -0.371 e. The van der Waals surface area contributed by atoms with E-state index in [2.05, 4.69) is 10.7 Å². The molecule has 0 amide bonds. The van der Waals surface area contributed by atoms with E-state index >= 15 is 0 Å². The monoisotopic (exact) mass is 254 g/mol. The number of hydrogen-bond acceptors (Lipinski definition) is 4. The first-order valence-corrected chi connectivity index (χ1v) is 7.33. The second-order valence-corrected chi connectivity index (χ2v) is 5.65. The van der Waals surface area contributed by atoms with Crippen molar-refractivity contribution in [1.82, 2.24) is 10.3 Å². The molecule has 1 aromatic rings. The molecule has 4 heteroatoms. The van der Waals surface area contributed by atoms with Crippen LogP contribution < -0.4 is 5.32 Å². The van der Waals surface area contributed by atoms with Crippen LogP contribution in [0.4, 0.5) is 0 Å². The Balaban J connectivity index is 2.19. The Labute approximate surface area is 108 Å². The van der Waals surface area contributed by atoms with Gasteiger partial charge in [-0.3, -0.25) is 0 Å². The van der Waals surface area contributed by atoms with Gasteiger partial charge < -0.3 is 10.1 Å². The highest BCUT2D eigenvalue weighted by atomic mass is 32.1. The van der Waals surface area contributed by atoms with E-state index in [1.54, 1.807) is 11.3 Å². The molecule has 1 heterocycles. The Morgan fingerprint density at radius 1 is 1.35 bits per heavy atom. The molecule has 96 valence electrons. The number of methoxy groups -OCH3 is 1. The minimum absolute atomic E-state index is 0.104. The van der Waals surface area contributed by atoms with Gasteiger partial charge in [0.2, 0.25) is 0 Å². The molecule has 0 aromatic carbocycles. The van der Waals surface area contributed by atoms with Crippen LogP contribution in [-0.2, 0) is 16.9 Å². The average molecular weight is 254 g/mol. The van der Waals surface area contributed by atoms with E-state index < -0.39 is 0 Å². The molecule has 0 saturated heterocycles. The highest BCUT2D eigenvalue weighted by Crippen LogP contribution is 2.40. The lowest BCUT2D eigenvalue weighted by Gasteiger charge is -2.29. The van der Waals surface area contributed by atoms with E-state index in [-0.39, 0.29) is 5.60 Å². The van der Waals surface area contributed by atoms with Crippen LogP contribution in [0.3, 0.4) is 0 Å². The number of rotatable bonds is 4. The molecular weight excluding hydrogens is 232 g/mol. The van der Waals surface area contributed by atoms with Gasteiger partial charge >= 0.3 is 0 Å². The molecular formula is C13H22N2OS. The SMILES string of the molecule is CNCc1csc(C2(OC)CCCCCC2)n1. The Bertz CT molecular complexity index is 343. The molecule has 0 spiro atoms. The van der Waals surface area contributed by atoms with E-state index in [1.807, 2.05) is 14.2 Å². The lowest BCUT2D eigenvalue weighted by molar-refractivity contribution is -0.0280. The lowest BCUT2D eigenvalue weighted by atomic mass is 9.95. The summed E-state index contributed by atoms with van der Waals surface area (Å²) in [7, 11) is 3.79. The van der Waals surface area contributed by atoms with Crippen molar-refractivity contribution in [2.24, 2.45) is 0 Å². The highest BCUT2D eigenvalue weighted by molar-refractivity contribution is 7.09. The van der Waals surface area contributed by atoms with Crippen LogP contribution in [0.15, 0.2) is 5.38 Å². The minimum atomic E-state index is -0.104. The molecule has 2 rings (SSSR count). The summed E-state index contributed by atoms with van der Waals surface area (Å²) in [6, 6.07) is 0. The molecule has 3 nitrogen and oxygen atoms in total. The summed E-state index contributed by atoms with van der Waals surface area (Å²) in [5.41, 5.74) is 1.03. The van der Waals surface area contributed by atoms with Gasteiger partial charge in [0.25, 0.3) is 0 Å². The molecule has 0 atom stereocenters. The van der Waals surface area contributed by atoms with Crippen molar-refractivity contribution < 1.29 is 4.74 Å². The number of ether oxygens (including phenoxy) is 1. The standard InChI is InChI=1S/C13H22N2OS/c1-14-9-11-10-17-12(15-11)13(16-2)7-5-3-4-6-8-13/h10,14H,3-9H2,1-2H3. The van der Waals surface area contributed by atoms with Crippen LogP contribution in [0.2, 0.25) is 0 Å². The Morgan fingerprint density at radius 3 is 2.65 bits per heavy atom. The second-order valence-electron chi connectivity index (χ2n) is 4.79. The van der Waals surface area contributed by atoms with Gasteiger partial charge in [-0.2, -0.15) is 0 Å². The first kappa shape index (κ1) is 13.0. The molecule has 0 unspecified atom stereocenters. The Kier molecular flexibility index (Phi) is 4.54. The summed E-state index contributed by atoms with van der Waals surface area (Å²) >= 11 is 1.75. The quantitative estimate of drug-likeness (QED) is 0.839. The maximum absolute atomic E-state index is 5.86. The van der Waals surface area contributed by atoms with Crippen molar-refractivity contribution in [2.45, 2.75) is 50.7 Å². The van der Waals surface area contributed by atoms with Crippen LogP contribution in [0, 0.1) is 0 Å². The van der Waals surface area contributed by atoms with Gasteiger partial charge in [0.1, 0.15) is 10.6 Å². The molecule has 1 N–H and O–H groups in total. The molecule has 1 fully saturated rings. The summed E-state index contributed by atoms with van der Waals surface area (Å²) in [4.78, 5) is 4.74. The van der Waals surface area contributed by atoms with Gasteiger partial charge in [0.05, 0.1) is 5.69 Å². The zero-order valence-corrected chi connectivity index (χ0v) is 11.6. The fourth-order valence-electron chi connectivity index (χ4n) is 2.58. The van der Waals surface area contributed by atoms with Gasteiger partial charge in [0, 0.05) is 19.0 Å². The summed E-state index contributed by atoms with van der Waals surface area (Å²) in [5.74, 6) is 0. The summed E-state index contributed by atoms with van der Waals surface area (Å²) in [6.45, 7) is 0.844. The average Bonchev–Trinajstić information content (AvgIpc) is 2.68. The van der Waals surface area contributed by atoms with Crippen molar-refractivity contribution in [1.29, 1.82) is 0 Å². The van der Waals surface area contributed by atoms with Crippen LogP contribution >= 0.6 is 11.3 Å². The number of thiazole rings is 1. The van der Waals surface area contributed by atoms with E-state index in [1.165, 1.54) is 30.7 Å². The fourth-order valence-corrected chi connectivity index (χ4v) is 3.64. The largest absolute Gasteiger partial charge is 0.371 e. The number of nitrogens with one attached hydrogen (secondary N) is 1. The van der Waals surface area contributed by atoms with Crippen molar-refractivity contribution in [3.63, 3.8) is 0 Å². The molecule has 1 aliphatic carbocycles. The van der Waals surface area contributed by atoms with E-state index in [0.29, 0.717) is 0 Å². The first-order chi connectivity index (χ1) is 8.30. The van der Waals surface area contributed by atoms with Crippen LogP contribution in [0.25, 0.3) is 0 Å². The predicted octanol–water partition coefficient (Wildman–Crippen LogP) is 3.06. The lowest BCUT2D eigenvalue weighted by Crippen LogP contribution is -2.27. The maximum Gasteiger partial charge on any atom is 0.125 e. The molecule has 0 radical (unpaired) electrons. The van der Waals surface area contributed by atoms with E-state index in [9.17, 15) is 0 Å². The number of hydrogen-bond donors (Lipinski definition) is 1. The van der Waals surface area contributed by atoms with Gasteiger partial charge in [-0.25, -0.2) is 4.98 Å². The summed E-state index contributed by atoms with van der Waals surface area (Å²) < 4.78 is 5.86. The molecule has 1 aromatic heterocycles. The Morgan fingerprint density at radius 2 is 2.06 bits per heavy atom. The Hall–Kier alpha value is -0.450. The van der Waals surface area contributed by atoms with Gasteiger partial charge in [-0.05, 0) is 19.9 Å². The zero-order valence-electron chi connectivity index (χ0n) is 10.8. The van der Waals surface area contributed by atoms with Crippen molar-refractivity contribution in [3.8, 4) is 0 Å². The summed E-state index contributed by atoms with van der Waals surface area (Å²) in [6.07, 6.45) is 7.43. The first-order valence-electron chi connectivity index (χ1n) is 6.45. The van der Waals surface area contributed by atoms with Crippen molar-refractivity contribution >= 4 is 11.3 Å². The van der Waals surface area contributed by atoms with E-state index in [0.717, 1.165) is 25.1 Å². The highest BCUT2D eigenvalue weighted by Gasteiger charge is 2.35. The van der Waals surface area contributed by atoms with E-state index in [4.69, 9.17) is 9.72 Å². The van der Waals surface area contributed by atoms with Crippen LogP contribution in [0.5, 0.6) is 0 Å². The van der Waals surface area contributed by atoms with Gasteiger partial charge in [0.15, 0.2) is 0 Å². The number of nitrogens with zero attached hydrogens (tertiary/aromatic N) is 1. The van der Waals surface area contributed by atoms with Crippen molar-refractivity contribution in [2.75, 3.05) is 14.2 Å². The summed E-state index contributed by atoms with van der Waals surface area (Å²) in [5, 5.41) is 6.47. The molecule has 17 heavy (non-hydrogen) atoms. The van der Waals surface area contributed by atoms with Gasteiger partial charge in [-0.15, -0.1) is 11.3 Å². The molecule has 0 aliphatic heterocycles. The fraction of sp³-hybridized carbons (Fsp3) is 0.769. The van der Waals surface area contributed by atoms with Crippen molar-refractivity contribution in [3.05, 3.63) is 16.1 Å². The zero-order chi connectivity index (χ0) is 12.1. The molecule has 1 aliphatic rings. The topological polar surface area (TPSA) is 34.1 Å². The van der Waals surface area contributed by atoms with Crippen LogP contribution in [0.1, 0.15) is 49.2 Å². The third-order valence-corrected chi connectivity index (χ3v) is 4.68.